The topological polar surface area (TPSA) is 64.7 Å². The second-order valence-corrected chi connectivity index (χ2v) is 7.71. The highest BCUT2D eigenvalue weighted by Gasteiger charge is 2.20. The zero-order chi connectivity index (χ0) is 15.7. The van der Waals surface area contributed by atoms with E-state index < -0.39 is 10.2 Å². The maximum absolute atomic E-state index is 12.1. The van der Waals surface area contributed by atoms with E-state index in [9.17, 15) is 8.42 Å². The van der Waals surface area contributed by atoms with E-state index in [1.54, 1.807) is 7.05 Å². The van der Waals surface area contributed by atoms with Crippen LogP contribution in [-0.2, 0) is 10.2 Å². The quantitative estimate of drug-likeness (QED) is 0.548. The standard InChI is InChI=1S/C14H32N4O2S/c1-4-15-10-7-12-18(3)21(19,20)16-11-13-17(2)14-8-5-6-9-14/h14-16H,4-13H2,1-3H3. The van der Waals surface area contributed by atoms with Crippen LogP contribution in [0.3, 0.4) is 0 Å². The molecule has 1 saturated carbocycles. The Bertz CT molecular complexity index is 369. The molecule has 0 aromatic heterocycles. The van der Waals surface area contributed by atoms with E-state index in [0.717, 1.165) is 26.1 Å². The van der Waals surface area contributed by atoms with Crippen LogP contribution in [0, 0.1) is 0 Å². The molecule has 0 amide bonds. The molecule has 0 aliphatic heterocycles. The van der Waals surface area contributed by atoms with Gasteiger partial charge in [-0.05, 0) is 39.4 Å². The third-order valence-corrected chi connectivity index (χ3v) is 5.76. The molecule has 1 aliphatic carbocycles. The summed E-state index contributed by atoms with van der Waals surface area (Å²) in [7, 11) is 0.384. The van der Waals surface area contributed by atoms with E-state index >= 15 is 0 Å². The summed E-state index contributed by atoms with van der Waals surface area (Å²) in [6, 6.07) is 0.632. The van der Waals surface area contributed by atoms with Crippen molar-refractivity contribution in [1.29, 1.82) is 0 Å². The molecule has 0 saturated heterocycles. The average molecular weight is 321 g/mol. The number of hydrogen-bond acceptors (Lipinski definition) is 4. The molecule has 21 heavy (non-hydrogen) atoms. The Morgan fingerprint density at radius 1 is 1.10 bits per heavy atom. The van der Waals surface area contributed by atoms with Crippen molar-refractivity contribution in [3.63, 3.8) is 0 Å². The smallest absolute Gasteiger partial charge is 0.279 e. The van der Waals surface area contributed by atoms with E-state index in [1.165, 1.54) is 30.0 Å². The second-order valence-electron chi connectivity index (χ2n) is 5.85. The van der Waals surface area contributed by atoms with E-state index in [0.29, 0.717) is 19.1 Å². The lowest BCUT2D eigenvalue weighted by molar-refractivity contribution is 0.249. The number of hydrogen-bond donors (Lipinski definition) is 2. The molecule has 0 unspecified atom stereocenters. The van der Waals surface area contributed by atoms with Gasteiger partial charge in [0.05, 0.1) is 0 Å². The summed E-state index contributed by atoms with van der Waals surface area (Å²) in [6.45, 7) is 5.61. The Kier molecular flexibility index (Phi) is 8.73. The van der Waals surface area contributed by atoms with Gasteiger partial charge in [-0.25, -0.2) is 4.72 Å². The van der Waals surface area contributed by atoms with Crippen molar-refractivity contribution in [1.82, 2.24) is 19.2 Å². The zero-order valence-corrected chi connectivity index (χ0v) is 14.6. The van der Waals surface area contributed by atoms with Crippen LogP contribution in [0.1, 0.15) is 39.0 Å². The summed E-state index contributed by atoms with van der Waals surface area (Å²) in [5.74, 6) is 0. The third kappa shape index (κ3) is 7.06. The number of rotatable bonds is 11. The van der Waals surface area contributed by atoms with Gasteiger partial charge >= 0.3 is 0 Å². The van der Waals surface area contributed by atoms with Gasteiger partial charge in [-0.3, -0.25) is 0 Å². The Balaban J connectivity index is 2.21. The van der Waals surface area contributed by atoms with Gasteiger partial charge in [-0.2, -0.15) is 12.7 Å². The monoisotopic (exact) mass is 320 g/mol. The van der Waals surface area contributed by atoms with Gasteiger partial charge < -0.3 is 10.2 Å². The van der Waals surface area contributed by atoms with Crippen molar-refractivity contribution in [2.24, 2.45) is 0 Å². The second kappa shape index (κ2) is 9.74. The maximum Gasteiger partial charge on any atom is 0.279 e. The first-order valence-electron chi connectivity index (χ1n) is 8.09. The van der Waals surface area contributed by atoms with Gasteiger partial charge in [-0.1, -0.05) is 19.8 Å². The summed E-state index contributed by atoms with van der Waals surface area (Å²) in [5, 5.41) is 3.20. The van der Waals surface area contributed by atoms with Crippen molar-refractivity contribution in [2.45, 2.75) is 45.1 Å². The number of nitrogens with one attached hydrogen (secondary N) is 2. The Labute approximate surface area is 130 Å². The summed E-state index contributed by atoms with van der Waals surface area (Å²) < 4.78 is 28.2. The van der Waals surface area contributed by atoms with Crippen molar-refractivity contribution >= 4 is 10.2 Å². The summed E-state index contributed by atoms with van der Waals surface area (Å²) >= 11 is 0. The third-order valence-electron chi connectivity index (χ3n) is 4.18. The Morgan fingerprint density at radius 3 is 2.38 bits per heavy atom. The fourth-order valence-electron chi connectivity index (χ4n) is 2.71. The van der Waals surface area contributed by atoms with Gasteiger partial charge in [0.15, 0.2) is 0 Å². The molecule has 0 aromatic rings. The molecule has 0 heterocycles. The minimum Gasteiger partial charge on any atom is -0.317 e. The predicted molar refractivity (Wildman–Crippen MR) is 87.6 cm³/mol. The first-order valence-corrected chi connectivity index (χ1v) is 9.53. The van der Waals surface area contributed by atoms with Crippen LogP contribution in [0.4, 0.5) is 0 Å². The molecule has 1 rings (SSSR count). The zero-order valence-electron chi connectivity index (χ0n) is 13.8. The summed E-state index contributed by atoms with van der Waals surface area (Å²) in [6.07, 6.45) is 5.92. The van der Waals surface area contributed by atoms with Crippen LogP contribution in [-0.4, -0.2) is 70.5 Å². The minimum atomic E-state index is -3.34. The lowest BCUT2D eigenvalue weighted by atomic mass is 10.2. The van der Waals surface area contributed by atoms with Gasteiger partial charge in [-0.15, -0.1) is 0 Å². The molecule has 6 nitrogen and oxygen atoms in total. The van der Waals surface area contributed by atoms with Gasteiger partial charge in [0.1, 0.15) is 0 Å². The molecule has 2 N–H and O–H groups in total. The van der Waals surface area contributed by atoms with Crippen molar-refractivity contribution in [3.8, 4) is 0 Å². The molecule has 126 valence electrons. The molecule has 0 bridgehead atoms. The SMILES string of the molecule is CCNCCCN(C)S(=O)(=O)NCCN(C)C1CCCC1. The molecule has 7 heteroatoms. The number of nitrogens with zero attached hydrogens (tertiary/aromatic N) is 2. The van der Waals surface area contributed by atoms with Crippen LogP contribution in [0.2, 0.25) is 0 Å². The Morgan fingerprint density at radius 2 is 1.76 bits per heavy atom. The first kappa shape index (κ1) is 18.8. The van der Waals surface area contributed by atoms with E-state index in [2.05, 4.69) is 22.0 Å². The highest BCUT2D eigenvalue weighted by Crippen LogP contribution is 2.21. The predicted octanol–water partition coefficient (Wildman–Crippen LogP) is 0.627. The van der Waals surface area contributed by atoms with E-state index in [4.69, 9.17) is 0 Å². The van der Waals surface area contributed by atoms with Gasteiger partial charge in [0, 0.05) is 32.7 Å². The van der Waals surface area contributed by atoms with Crippen LogP contribution >= 0.6 is 0 Å². The van der Waals surface area contributed by atoms with Crippen LogP contribution < -0.4 is 10.0 Å². The molecule has 1 fully saturated rings. The molecule has 0 aromatic carbocycles. The molecule has 0 atom stereocenters. The molecule has 0 spiro atoms. The Hall–Kier alpha value is -0.210. The van der Waals surface area contributed by atoms with Crippen molar-refractivity contribution in [2.75, 3.05) is 46.8 Å². The number of likely N-dealkylation sites (N-methyl/N-ethyl adjacent to an activating group) is 1. The van der Waals surface area contributed by atoms with Gasteiger partial charge in [0.25, 0.3) is 10.2 Å². The lowest BCUT2D eigenvalue weighted by Gasteiger charge is -2.24. The normalized spacial score (nSPS) is 17.2. The average Bonchev–Trinajstić information content (AvgIpc) is 2.97. The van der Waals surface area contributed by atoms with E-state index in [1.807, 2.05) is 6.92 Å². The van der Waals surface area contributed by atoms with Crippen LogP contribution in [0.5, 0.6) is 0 Å². The van der Waals surface area contributed by atoms with Crippen molar-refractivity contribution < 1.29 is 8.42 Å². The largest absolute Gasteiger partial charge is 0.317 e. The highest BCUT2D eigenvalue weighted by molar-refractivity contribution is 7.87. The molecule has 0 radical (unpaired) electrons. The van der Waals surface area contributed by atoms with E-state index in [-0.39, 0.29) is 0 Å². The molecule has 1 aliphatic rings. The fraction of sp³-hybridized carbons (Fsp3) is 1.00. The lowest BCUT2D eigenvalue weighted by Crippen LogP contribution is -2.43. The summed E-state index contributed by atoms with van der Waals surface area (Å²) in [5.41, 5.74) is 0. The van der Waals surface area contributed by atoms with Crippen LogP contribution in [0.25, 0.3) is 0 Å². The summed E-state index contributed by atoms with van der Waals surface area (Å²) in [4.78, 5) is 2.28. The minimum absolute atomic E-state index is 0.479. The highest BCUT2D eigenvalue weighted by atomic mass is 32.2. The first-order chi connectivity index (χ1) is 9.97. The maximum atomic E-state index is 12.1. The molecular weight excluding hydrogens is 288 g/mol. The molecular formula is C14H32N4O2S. The van der Waals surface area contributed by atoms with Crippen LogP contribution in [0.15, 0.2) is 0 Å². The van der Waals surface area contributed by atoms with Gasteiger partial charge in [0.2, 0.25) is 0 Å². The fourth-order valence-corrected chi connectivity index (χ4v) is 3.65. The van der Waals surface area contributed by atoms with Crippen molar-refractivity contribution in [3.05, 3.63) is 0 Å².